The van der Waals surface area contributed by atoms with Gasteiger partial charge >= 0.3 is 0 Å². The fourth-order valence-corrected chi connectivity index (χ4v) is 4.02. The Labute approximate surface area is 193 Å². The quantitative estimate of drug-likeness (QED) is 0.501. The highest BCUT2D eigenvalue weighted by Crippen LogP contribution is 2.24. The third kappa shape index (κ3) is 5.00. The lowest BCUT2D eigenvalue weighted by molar-refractivity contribution is -0.116. The molecule has 0 radical (unpaired) electrons. The maximum absolute atomic E-state index is 12.8. The number of fused-ring (bicyclic) bond motifs is 1. The van der Waals surface area contributed by atoms with Crippen LogP contribution in [0.25, 0.3) is 0 Å². The van der Waals surface area contributed by atoms with Gasteiger partial charge < -0.3 is 16.0 Å². The largest absolute Gasteiger partial charge is 0.342 e. The first-order valence-corrected chi connectivity index (χ1v) is 11.2. The summed E-state index contributed by atoms with van der Waals surface area (Å²) in [4.78, 5) is 58.3. The minimum Gasteiger partial charge on any atom is -0.342 e. The number of carbonyl (C=O) groups is 3. The van der Waals surface area contributed by atoms with Crippen molar-refractivity contribution < 1.29 is 14.4 Å². The Hall–Kier alpha value is -3.80. The number of carbonyl (C=O) groups excluding carboxylic acids is 3. The first-order valence-electron chi connectivity index (χ1n) is 10.4. The molecule has 0 bridgehead atoms. The summed E-state index contributed by atoms with van der Waals surface area (Å²) in [5.41, 5.74) is 0.817. The molecule has 0 unspecified atom stereocenters. The van der Waals surface area contributed by atoms with E-state index in [-0.39, 0.29) is 29.8 Å². The van der Waals surface area contributed by atoms with E-state index in [4.69, 9.17) is 0 Å². The number of hydrogen-bond donors (Lipinski definition) is 3. The highest BCUT2D eigenvalue weighted by molar-refractivity contribution is 7.13. The molecule has 33 heavy (non-hydrogen) atoms. The monoisotopic (exact) mass is 466 g/mol. The molecular formula is C21H22N8O3S. The van der Waals surface area contributed by atoms with Crippen LogP contribution in [0.2, 0.25) is 0 Å². The van der Waals surface area contributed by atoms with Crippen LogP contribution in [0.4, 0.5) is 11.6 Å². The predicted octanol–water partition coefficient (Wildman–Crippen LogP) is 2.47. The second-order valence-corrected chi connectivity index (χ2v) is 8.83. The van der Waals surface area contributed by atoms with Crippen LogP contribution < -0.4 is 16.0 Å². The minimum absolute atomic E-state index is 0.137. The van der Waals surface area contributed by atoms with Gasteiger partial charge in [0.1, 0.15) is 39.4 Å². The van der Waals surface area contributed by atoms with Crippen molar-refractivity contribution in [1.82, 2.24) is 30.2 Å². The molecule has 0 saturated carbocycles. The van der Waals surface area contributed by atoms with E-state index in [1.807, 2.05) is 13.8 Å². The molecule has 170 valence electrons. The van der Waals surface area contributed by atoms with Crippen LogP contribution in [-0.4, -0.2) is 42.6 Å². The van der Waals surface area contributed by atoms with Crippen molar-refractivity contribution in [3.05, 3.63) is 51.8 Å². The Balaban J connectivity index is 1.43. The molecule has 0 spiro atoms. The van der Waals surface area contributed by atoms with E-state index >= 15 is 0 Å². The predicted molar refractivity (Wildman–Crippen MR) is 121 cm³/mol. The Morgan fingerprint density at radius 1 is 1.09 bits per heavy atom. The van der Waals surface area contributed by atoms with Crippen LogP contribution in [0, 0.1) is 0 Å². The molecule has 3 aromatic heterocycles. The van der Waals surface area contributed by atoms with E-state index in [1.165, 1.54) is 23.9 Å². The first-order chi connectivity index (χ1) is 15.8. The highest BCUT2D eigenvalue weighted by atomic mass is 32.1. The van der Waals surface area contributed by atoms with E-state index < -0.39 is 11.9 Å². The van der Waals surface area contributed by atoms with Gasteiger partial charge in [0.15, 0.2) is 0 Å². The summed E-state index contributed by atoms with van der Waals surface area (Å²) >= 11 is 1.17. The van der Waals surface area contributed by atoms with Crippen molar-refractivity contribution in [3.63, 3.8) is 0 Å². The number of rotatable bonds is 6. The average molecular weight is 467 g/mol. The molecule has 1 aliphatic rings. The van der Waals surface area contributed by atoms with Crippen molar-refractivity contribution in [2.75, 3.05) is 10.6 Å². The molecule has 1 atom stereocenters. The van der Waals surface area contributed by atoms with E-state index in [1.54, 1.807) is 19.2 Å². The molecule has 0 aliphatic carbocycles. The SMILES string of the molecule is CC(C)c1nccc(NC(=O)c2cnc([C@@H](C)NC(=O)c3ncnc4c3CCC(=O)N4)s2)n1. The summed E-state index contributed by atoms with van der Waals surface area (Å²) < 4.78 is 0. The fraction of sp³-hybridized carbons (Fsp3) is 0.333. The van der Waals surface area contributed by atoms with Crippen LogP contribution in [0.5, 0.6) is 0 Å². The summed E-state index contributed by atoms with van der Waals surface area (Å²) in [6.07, 6.45) is 4.97. The van der Waals surface area contributed by atoms with Gasteiger partial charge in [-0.2, -0.15) is 0 Å². The average Bonchev–Trinajstić information content (AvgIpc) is 3.29. The second-order valence-electron chi connectivity index (χ2n) is 7.76. The third-order valence-electron chi connectivity index (χ3n) is 4.92. The van der Waals surface area contributed by atoms with Crippen molar-refractivity contribution in [3.8, 4) is 0 Å². The zero-order valence-corrected chi connectivity index (χ0v) is 19.1. The van der Waals surface area contributed by atoms with Crippen LogP contribution in [-0.2, 0) is 11.2 Å². The van der Waals surface area contributed by atoms with E-state index in [2.05, 4.69) is 40.9 Å². The Bertz CT molecular complexity index is 1230. The lowest BCUT2D eigenvalue weighted by atomic mass is 10.0. The Kier molecular flexibility index (Phi) is 6.36. The van der Waals surface area contributed by atoms with Crippen molar-refractivity contribution >= 4 is 40.7 Å². The van der Waals surface area contributed by atoms with Gasteiger partial charge in [-0.25, -0.2) is 24.9 Å². The highest BCUT2D eigenvalue weighted by Gasteiger charge is 2.25. The summed E-state index contributed by atoms with van der Waals surface area (Å²) in [6, 6.07) is 1.17. The molecule has 3 amide bonds. The summed E-state index contributed by atoms with van der Waals surface area (Å²) in [5.74, 6) is 0.663. The molecule has 4 rings (SSSR count). The summed E-state index contributed by atoms with van der Waals surface area (Å²) in [5, 5.41) is 8.82. The smallest absolute Gasteiger partial charge is 0.270 e. The Morgan fingerprint density at radius 3 is 2.70 bits per heavy atom. The maximum Gasteiger partial charge on any atom is 0.270 e. The molecule has 0 fully saturated rings. The molecule has 4 heterocycles. The van der Waals surface area contributed by atoms with Crippen LogP contribution in [0.15, 0.2) is 24.8 Å². The van der Waals surface area contributed by atoms with Gasteiger partial charge in [-0.1, -0.05) is 13.8 Å². The van der Waals surface area contributed by atoms with Crippen LogP contribution >= 0.6 is 11.3 Å². The molecule has 0 saturated heterocycles. The minimum atomic E-state index is -0.459. The molecule has 3 aromatic rings. The molecular weight excluding hydrogens is 444 g/mol. The number of hydrogen-bond acceptors (Lipinski definition) is 9. The zero-order chi connectivity index (χ0) is 23.5. The topological polar surface area (TPSA) is 152 Å². The first kappa shape index (κ1) is 22.4. The van der Waals surface area contributed by atoms with Gasteiger partial charge in [0.2, 0.25) is 5.91 Å². The molecule has 0 aromatic carbocycles. The summed E-state index contributed by atoms with van der Waals surface area (Å²) in [6.45, 7) is 5.71. The van der Waals surface area contributed by atoms with Crippen molar-refractivity contribution in [1.29, 1.82) is 0 Å². The van der Waals surface area contributed by atoms with Gasteiger partial charge in [0.05, 0.1) is 12.2 Å². The standard InChI is InChI=1S/C21H22N8O3S/c1-10(2)17-22-7-6-14(27-17)28-19(31)13-8-23-21(33-13)11(3)26-20(32)16-12-4-5-15(30)29-18(12)25-9-24-16/h6-11H,4-5H2,1-3H3,(H,26,32)(H,22,27,28,31)(H,24,25,29,30)/t11-/m1/s1. The van der Waals surface area contributed by atoms with Gasteiger partial charge in [-0.15, -0.1) is 11.3 Å². The second kappa shape index (κ2) is 9.36. The zero-order valence-electron chi connectivity index (χ0n) is 18.2. The molecule has 12 heteroatoms. The van der Waals surface area contributed by atoms with Gasteiger partial charge in [0.25, 0.3) is 11.8 Å². The third-order valence-corrected chi connectivity index (χ3v) is 6.10. The number of amides is 3. The van der Waals surface area contributed by atoms with E-state index in [9.17, 15) is 14.4 Å². The van der Waals surface area contributed by atoms with Gasteiger partial charge in [-0.3, -0.25) is 14.4 Å². The maximum atomic E-state index is 12.8. The lowest BCUT2D eigenvalue weighted by Crippen LogP contribution is -2.30. The van der Waals surface area contributed by atoms with Crippen LogP contribution in [0.1, 0.15) is 75.7 Å². The number of thiazole rings is 1. The van der Waals surface area contributed by atoms with Gasteiger partial charge in [-0.05, 0) is 19.4 Å². The Morgan fingerprint density at radius 2 is 1.91 bits per heavy atom. The van der Waals surface area contributed by atoms with E-state index in [0.29, 0.717) is 39.3 Å². The molecule has 1 aliphatic heterocycles. The number of nitrogens with one attached hydrogen (secondary N) is 3. The molecule has 3 N–H and O–H groups in total. The molecule has 11 nitrogen and oxygen atoms in total. The number of aromatic nitrogens is 5. The van der Waals surface area contributed by atoms with Crippen molar-refractivity contribution in [2.45, 2.75) is 45.6 Å². The fourth-order valence-electron chi connectivity index (χ4n) is 3.20. The number of nitrogens with zero attached hydrogens (tertiary/aromatic N) is 5. The van der Waals surface area contributed by atoms with Crippen molar-refractivity contribution in [2.24, 2.45) is 0 Å². The summed E-state index contributed by atoms with van der Waals surface area (Å²) in [7, 11) is 0. The normalized spacial score (nSPS) is 13.8. The van der Waals surface area contributed by atoms with Crippen LogP contribution in [0.3, 0.4) is 0 Å². The lowest BCUT2D eigenvalue weighted by Gasteiger charge is -2.18. The number of anilines is 2. The van der Waals surface area contributed by atoms with E-state index in [0.717, 1.165) is 0 Å². The van der Waals surface area contributed by atoms with Gasteiger partial charge in [0, 0.05) is 24.1 Å².